The summed E-state index contributed by atoms with van der Waals surface area (Å²) in [5.41, 5.74) is 4.64. The van der Waals surface area contributed by atoms with Crippen LogP contribution < -0.4 is 5.32 Å². The van der Waals surface area contributed by atoms with Crippen molar-refractivity contribution < 1.29 is 9.21 Å². The average molecular weight is 346 g/mol. The van der Waals surface area contributed by atoms with Crippen LogP contribution in [0, 0.1) is 13.8 Å². The summed E-state index contributed by atoms with van der Waals surface area (Å²) in [5, 5.41) is 7.98. The van der Waals surface area contributed by atoms with E-state index in [2.05, 4.69) is 15.4 Å². The molecule has 0 radical (unpaired) electrons. The van der Waals surface area contributed by atoms with Crippen molar-refractivity contribution >= 4 is 22.6 Å². The highest BCUT2D eigenvalue weighted by Crippen LogP contribution is 2.27. The van der Waals surface area contributed by atoms with Crippen LogP contribution in [0.3, 0.4) is 0 Å². The summed E-state index contributed by atoms with van der Waals surface area (Å²) in [6.45, 7) is 4.07. The van der Waals surface area contributed by atoms with Crippen molar-refractivity contribution in [2.45, 2.75) is 20.3 Å². The lowest BCUT2D eigenvalue weighted by Crippen LogP contribution is -2.14. The van der Waals surface area contributed by atoms with Gasteiger partial charge in [0, 0.05) is 23.3 Å². The van der Waals surface area contributed by atoms with E-state index in [0.717, 1.165) is 22.1 Å². The molecule has 3 heterocycles. The number of aromatic nitrogens is 3. The van der Waals surface area contributed by atoms with Gasteiger partial charge in [-0.05, 0) is 43.2 Å². The molecule has 0 saturated heterocycles. The van der Waals surface area contributed by atoms with Gasteiger partial charge in [0.2, 0.25) is 5.91 Å². The largest absolute Gasteiger partial charge is 0.464 e. The molecule has 26 heavy (non-hydrogen) atoms. The number of nitrogens with zero attached hydrogens (tertiary/aromatic N) is 3. The molecular formula is C20H18N4O2. The molecule has 4 aromatic rings. The third-order valence-electron chi connectivity index (χ3n) is 4.46. The number of aryl methyl sites for hydroxylation is 2. The van der Waals surface area contributed by atoms with Gasteiger partial charge in [0.1, 0.15) is 5.58 Å². The Balaban J connectivity index is 1.48. The van der Waals surface area contributed by atoms with Crippen LogP contribution in [0.15, 0.2) is 59.6 Å². The number of hydrogen-bond acceptors (Lipinski definition) is 4. The molecule has 0 fully saturated rings. The van der Waals surface area contributed by atoms with E-state index in [1.165, 1.54) is 5.56 Å². The molecule has 0 bridgehead atoms. The topological polar surface area (TPSA) is 73.0 Å². The van der Waals surface area contributed by atoms with Crippen LogP contribution in [0.1, 0.15) is 16.7 Å². The van der Waals surface area contributed by atoms with Gasteiger partial charge in [-0.3, -0.25) is 4.79 Å². The van der Waals surface area contributed by atoms with E-state index in [4.69, 9.17) is 4.42 Å². The Morgan fingerprint density at radius 1 is 1.23 bits per heavy atom. The van der Waals surface area contributed by atoms with Crippen molar-refractivity contribution in [3.63, 3.8) is 0 Å². The monoisotopic (exact) mass is 346 g/mol. The predicted octanol–water partition coefficient (Wildman–Crippen LogP) is 3.81. The van der Waals surface area contributed by atoms with Gasteiger partial charge in [-0.1, -0.05) is 12.1 Å². The maximum atomic E-state index is 12.4. The summed E-state index contributed by atoms with van der Waals surface area (Å²) in [6, 6.07) is 9.50. The minimum absolute atomic E-state index is 0.112. The molecule has 0 spiro atoms. The molecule has 130 valence electrons. The number of fused-ring (bicyclic) bond motifs is 1. The van der Waals surface area contributed by atoms with Crippen molar-refractivity contribution in [1.82, 2.24) is 14.8 Å². The van der Waals surface area contributed by atoms with Crippen LogP contribution in [0.2, 0.25) is 0 Å². The molecule has 3 aromatic heterocycles. The summed E-state index contributed by atoms with van der Waals surface area (Å²) in [5.74, 6) is 0.583. The van der Waals surface area contributed by atoms with Crippen LogP contribution in [0.5, 0.6) is 0 Å². The van der Waals surface area contributed by atoms with Gasteiger partial charge in [-0.25, -0.2) is 9.67 Å². The number of pyridine rings is 1. The summed E-state index contributed by atoms with van der Waals surface area (Å²) >= 11 is 0. The number of benzene rings is 1. The smallest absolute Gasteiger partial charge is 0.228 e. The van der Waals surface area contributed by atoms with E-state index >= 15 is 0 Å². The van der Waals surface area contributed by atoms with Crippen molar-refractivity contribution in [3.8, 4) is 5.82 Å². The molecule has 0 atom stereocenters. The maximum Gasteiger partial charge on any atom is 0.228 e. The molecule has 6 heteroatoms. The normalized spacial score (nSPS) is 11.0. The molecule has 1 N–H and O–H groups in total. The fourth-order valence-electron chi connectivity index (χ4n) is 2.90. The highest BCUT2D eigenvalue weighted by molar-refractivity contribution is 5.95. The first kappa shape index (κ1) is 16.1. The second-order valence-electron chi connectivity index (χ2n) is 6.23. The molecule has 1 aromatic carbocycles. The molecule has 0 saturated carbocycles. The Labute approximate surface area is 150 Å². The highest BCUT2D eigenvalue weighted by Gasteiger charge is 2.13. The van der Waals surface area contributed by atoms with E-state index in [-0.39, 0.29) is 12.3 Å². The maximum absolute atomic E-state index is 12.4. The fourth-order valence-corrected chi connectivity index (χ4v) is 2.90. The summed E-state index contributed by atoms with van der Waals surface area (Å²) < 4.78 is 7.33. The van der Waals surface area contributed by atoms with Gasteiger partial charge in [-0.15, -0.1) is 0 Å². The van der Waals surface area contributed by atoms with E-state index in [0.29, 0.717) is 11.5 Å². The minimum Gasteiger partial charge on any atom is -0.464 e. The predicted molar refractivity (Wildman–Crippen MR) is 99.4 cm³/mol. The number of furan rings is 1. The second-order valence-corrected chi connectivity index (χ2v) is 6.23. The number of anilines is 1. The van der Waals surface area contributed by atoms with E-state index < -0.39 is 0 Å². The van der Waals surface area contributed by atoms with Gasteiger partial charge >= 0.3 is 0 Å². The van der Waals surface area contributed by atoms with Crippen molar-refractivity contribution in [1.29, 1.82) is 0 Å². The Hall–Kier alpha value is -3.41. The third kappa shape index (κ3) is 2.97. The zero-order chi connectivity index (χ0) is 18.1. The molecule has 1 amide bonds. The first-order valence-electron chi connectivity index (χ1n) is 8.34. The molecular weight excluding hydrogens is 328 g/mol. The van der Waals surface area contributed by atoms with Gasteiger partial charge in [0.25, 0.3) is 0 Å². The summed E-state index contributed by atoms with van der Waals surface area (Å²) in [7, 11) is 0. The Bertz CT molecular complexity index is 1060. The van der Waals surface area contributed by atoms with Crippen LogP contribution in [-0.4, -0.2) is 20.7 Å². The Morgan fingerprint density at radius 3 is 2.85 bits per heavy atom. The lowest BCUT2D eigenvalue weighted by Gasteiger charge is -2.06. The molecule has 4 rings (SSSR count). The lowest BCUT2D eigenvalue weighted by atomic mass is 10.0. The quantitative estimate of drug-likeness (QED) is 0.610. The van der Waals surface area contributed by atoms with Gasteiger partial charge in [0.15, 0.2) is 5.82 Å². The van der Waals surface area contributed by atoms with E-state index in [1.54, 1.807) is 23.3 Å². The highest BCUT2D eigenvalue weighted by atomic mass is 16.3. The van der Waals surface area contributed by atoms with E-state index in [1.807, 2.05) is 50.4 Å². The average Bonchev–Trinajstić information content (AvgIpc) is 3.29. The molecule has 0 aliphatic heterocycles. The molecule has 0 aliphatic rings. The van der Waals surface area contributed by atoms with Crippen molar-refractivity contribution in [3.05, 3.63) is 71.9 Å². The Morgan fingerprint density at radius 2 is 2.12 bits per heavy atom. The van der Waals surface area contributed by atoms with Crippen LogP contribution in [-0.2, 0) is 11.2 Å². The van der Waals surface area contributed by atoms with Crippen LogP contribution in [0.25, 0.3) is 16.8 Å². The number of hydrogen-bond donors (Lipinski definition) is 1. The zero-order valence-corrected chi connectivity index (χ0v) is 14.6. The molecule has 0 aliphatic carbocycles. The first-order valence-corrected chi connectivity index (χ1v) is 8.34. The number of amides is 1. The first-order chi connectivity index (χ1) is 12.6. The molecule has 0 unspecified atom stereocenters. The Kier molecular flexibility index (Phi) is 4.01. The number of carbonyl (C=O) groups excluding carboxylic acids is 1. The SMILES string of the molecule is Cc1ccc2c(CC(=O)Nc3ccc(-n4cccn4)nc3)coc2c1C. The summed E-state index contributed by atoms with van der Waals surface area (Å²) in [4.78, 5) is 16.7. The number of rotatable bonds is 4. The van der Waals surface area contributed by atoms with Crippen molar-refractivity contribution in [2.24, 2.45) is 0 Å². The lowest BCUT2D eigenvalue weighted by molar-refractivity contribution is -0.115. The third-order valence-corrected chi connectivity index (χ3v) is 4.46. The molecule has 6 nitrogen and oxygen atoms in total. The van der Waals surface area contributed by atoms with Gasteiger partial charge in [0.05, 0.1) is 24.6 Å². The van der Waals surface area contributed by atoms with Crippen molar-refractivity contribution in [2.75, 3.05) is 5.32 Å². The fraction of sp³-hybridized carbons (Fsp3) is 0.150. The van der Waals surface area contributed by atoms with Gasteiger partial charge < -0.3 is 9.73 Å². The summed E-state index contributed by atoms with van der Waals surface area (Å²) in [6.07, 6.45) is 7.03. The van der Waals surface area contributed by atoms with E-state index in [9.17, 15) is 4.79 Å². The van der Waals surface area contributed by atoms with Gasteiger partial charge in [-0.2, -0.15) is 5.10 Å². The van der Waals surface area contributed by atoms with Crippen LogP contribution in [0.4, 0.5) is 5.69 Å². The zero-order valence-electron chi connectivity index (χ0n) is 14.6. The second kappa shape index (κ2) is 6.48. The van der Waals surface area contributed by atoms with Crippen LogP contribution >= 0.6 is 0 Å². The number of nitrogens with one attached hydrogen (secondary N) is 1. The number of carbonyl (C=O) groups is 1. The minimum atomic E-state index is -0.112. The standard InChI is InChI=1S/C20H18N4O2/c1-13-4-6-17-15(12-26-20(17)14(13)2)10-19(25)23-16-5-7-18(21-11-16)24-9-3-8-22-24/h3-9,11-12H,10H2,1-2H3,(H,23,25).